The zero-order valence-electron chi connectivity index (χ0n) is 9.97. The number of anilines is 1. The lowest BCUT2D eigenvalue weighted by atomic mass is 10.2. The Bertz CT molecular complexity index is 798. The summed E-state index contributed by atoms with van der Waals surface area (Å²) in [5.74, 6) is -1.95. The van der Waals surface area contributed by atoms with Crippen molar-refractivity contribution in [3.05, 3.63) is 59.7 Å². The molecule has 7 heteroatoms. The van der Waals surface area contributed by atoms with E-state index in [0.29, 0.717) is 6.07 Å². The fourth-order valence-corrected chi connectivity index (χ4v) is 2.72. The highest BCUT2D eigenvalue weighted by molar-refractivity contribution is 7.92. The molecule has 0 atom stereocenters. The van der Waals surface area contributed by atoms with Crippen LogP contribution in [0, 0.1) is 23.0 Å². The summed E-state index contributed by atoms with van der Waals surface area (Å²) in [5.41, 5.74) is 0.0755. The van der Waals surface area contributed by atoms with Crippen LogP contribution in [0.2, 0.25) is 0 Å². The van der Waals surface area contributed by atoms with Gasteiger partial charge in [0.1, 0.15) is 22.6 Å². The van der Waals surface area contributed by atoms with Crippen molar-refractivity contribution in [2.45, 2.75) is 4.90 Å². The van der Waals surface area contributed by atoms with E-state index in [1.165, 1.54) is 18.2 Å². The Morgan fingerprint density at radius 1 is 1.10 bits per heavy atom. The molecule has 0 aliphatic heterocycles. The quantitative estimate of drug-likeness (QED) is 0.946. The van der Waals surface area contributed by atoms with E-state index in [1.54, 1.807) is 12.1 Å². The van der Waals surface area contributed by atoms with Gasteiger partial charge in [-0.1, -0.05) is 12.1 Å². The lowest BCUT2D eigenvalue weighted by molar-refractivity contribution is 0.555. The molecule has 2 aromatic carbocycles. The first kappa shape index (κ1) is 14.0. The molecule has 0 saturated carbocycles. The predicted octanol–water partition coefficient (Wildman–Crippen LogP) is 2.64. The molecule has 0 aromatic heterocycles. The van der Waals surface area contributed by atoms with Gasteiger partial charge < -0.3 is 0 Å². The van der Waals surface area contributed by atoms with Crippen molar-refractivity contribution in [3.8, 4) is 6.07 Å². The van der Waals surface area contributed by atoms with E-state index < -0.39 is 26.6 Å². The fourth-order valence-electron chi connectivity index (χ4n) is 1.55. The Balaban J connectivity index is 2.47. The summed E-state index contributed by atoms with van der Waals surface area (Å²) in [6, 6.07) is 9.74. The molecule has 0 aliphatic carbocycles. The van der Waals surface area contributed by atoms with Crippen molar-refractivity contribution >= 4 is 15.7 Å². The van der Waals surface area contributed by atoms with Crippen LogP contribution in [-0.2, 0) is 10.0 Å². The second-order valence-electron chi connectivity index (χ2n) is 3.84. The van der Waals surface area contributed by atoms with Crippen LogP contribution in [-0.4, -0.2) is 8.42 Å². The summed E-state index contributed by atoms with van der Waals surface area (Å²) >= 11 is 0. The standard InChI is InChI=1S/C13H8F2N2O2S/c14-10-5-6-11(15)13(7-10)20(18,19)17-12-4-2-1-3-9(12)8-16/h1-7,17H. The van der Waals surface area contributed by atoms with Crippen LogP contribution < -0.4 is 4.72 Å². The van der Waals surface area contributed by atoms with Gasteiger partial charge in [-0.05, 0) is 30.3 Å². The molecule has 0 bridgehead atoms. The number of benzene rings is 2. The van der Waals surface area contributed by atoms with Gasteiger partial charge in [-0.3, -0.25) is 4.72 Å². The minimum absolute atomic E-state index is 0.00124. The maximum atomic E-state index is 13.5. The molecular weight excluding hydrogens is 286 g/mol. The number of para-hydroxylation sites is 1. The fraction of sp³-hybridized carbons (Fsp3) is 0. The van der Waals surface area contributed by atoms with Crippen LogP contribution in [0.3, 0.4) is 0 Å². The van der Waals surface area contributed by atoms with Gasteiger partial charge in [-0.2, -0.15) is 5.26 Å². The molecular formula is C13H8F2N2O2S. The van der Waals surface area contributed by atoms with Crippen molar-refractivity contribution in [2.75, 3.05) is 4.72 Å². The molecule has 4 nitrogen and oxygen atoms in total. The SMILES string of the molecule is N#Cc1ccccc1NS(=O)(=O)c1cc(F)ccc1F. The normalized spacial score (nSPS) is 10.8. The number of hydrogen-bond acceptors (Lipinski definition) is 3. The van der Waals surface area contributed by atoms with Gasteiger partial charge in [0.2, 0.25) is 0 Å². The number of nitriles is 1. The minimum atomic E-state index is -4.32. The molecule has 0 aliphatic rings. The van der Waals surface area contributed by atoms with Crippen molar-refractivity contribution in [2.24, 2.45) is 0 Å². The molecule has 2 rings (SSSR count). The molecule has 0 radical (unpaired) electrons. The Morgan fingerprint density at radius 3 is 2.50 bits per heavy atom. The summed E-state index contributed by atoms with van der Waals surface area (Å²) in [6.45, 7) is 0. The smallest absolute Gasteiger partial charge is 0.264 e. The van der Waals surface area contributed by atoms with E-state index in [-0.39, 0.29) is 11.3 Å². The Morgan fingerprint density at radius 2 is 1.80 bits per heavy atom. The third-order valence-corrected chi connectivity index (χ3v) is 3.86. The maximum Gasteiger partial charge on any atom is 0.264 e. The Hall–Kier alpha value is -2.46. The summed E-state index contributed by atoms with van der Waals surface area (Å²) in [6.07, 6.45) is 0. The highest BCUT2D eigenvalue weighted by atomic mass is 32.2. The van der Waals surface area contributed by atoms with Crippen LogP contribution in [0.1, 0.15) is 5.56 Å². The summed E-state index contributed by atoms with van der Waals surface area (Å²) in [7, 11) is -4.32. The molecule has 0 unspecified atom stereocenters. The van der Waals surface area contributed by atoms with Gasteiger partial charge in [0.05, 0.1) is 11.3 Å². The molecule has 0 heterocycles. The highest BCUT2D eigenvalue weighted by Gasteiger charge is 2.21. The molecule has 2 aromatic rings. The molecule has 0 spiro atoms. The Kier molecular flexibility index (Phi) is 3.68. The van der Waals surface area contributed by atoms with Crippen molar-refractivity contribution in [3.63, 3.8) is 0 Å². The first-order valence-corrected chi connectivity index (χ1v) is 6.89. The average Bonchev–Trinajstić information content (AvgIpc) is 2.41. The lowest BCUT2D eigenvalue weighted by Crippen LogP contribution is -2.15. The summed E-state index contributed by atoms with van der Waals surface area (Å²) in [5, 5.41) is 8.87. The van der Waals surface area contributed by atoms with Crippen LogP contribution in [0.5, 0.6) is 0 Å². The predicted molar refractivity (Wildman–Crippen MR) is 68.3 cm³/mol. The molecule has 0 amide bonds. The zero-order chi connectivity index (χ0) is 14.8. The second-order valence-corrected chi connectivity index (χ2v) is 5.49. The number of nitrogens with one attached hydrogen (secondary N) is 1. The first-order chi connectivity index (χ1) is 9.44. The summed E-state index contributed by atoms with van der Waals surface area (Å²) < 4.78 is 52.6. The van der Waals surface area contributed by atoms with Crippen molar-refractivity contribution in [1.82, 2.24) is 0 Å². The first-order valence-electron chi connectivity index (χ1n) is 5.41. The van der Waals surface area contributed by atoms with E-state index in [0.717, 1.165) is 12.1 Å². The molecule has 20 heavy (non-hydrogen) atoms. The number of rotatable bonds is 3. The topological polar surface area (TPSA) is 70.0 Å². The summed E-state index contributed by atoms with van der Waals surface area (Å²) in [4.78, 5) is -0.815. The molecule has 0 fully saturated rings. The minimum Gasteiger partial charge on any atom is -0.278 e. The highest BCUT2D eigenvalue weighted by Crippen LogP contribution is 2.21. The van der Waals surface area contributed by atoms with Gasteiger partial charge in [-0.25, -0.2) is 17.2 Å². The van der Waals surface area contributed by atoms with E-state index in [2.05, 4.69) is 4.72 Å². The largest absolute Gasteiger partial charge is 0.278 e. The second kappa shape index (κ2) is 5.27. The van der Waals surface area contributed by atoms with Crippen LogP contribution in [0.25, 0.3) is 0 Å². The van der Waals surface area contributed by atoms with Crippen molar-refractivity contribution in [1.29, 1.82) is 5.26 Å². The third kappa shape index (κ3) is 2.75. The lowest BCUT2D eigenvalue weighted by Gasteiger charge is -2.10. The maximum absolute atomic E-state index is 13.5. The van der Waals surface area contributed by atoms with Crippen molar-refractivity contribution < 1.29 is 17.2 Å². The number of hydrogen-bond donors (Lipinski definition) is 1. The van der Waals surface area contributed by atoms with Gasteiger partial charge in [0.25, 0.3) is 10.0 Å². The van der Waals surface area contributed by atoms with Crippen LogP contribution >= 0.6 is 0 Å². The molecule has 102 valence electrons. The Labute approximate surface area is 114 Å². The zero-order valence-corrected chi connectivity index (χ0v) is 10.8. The van der Waals surface area contributed by atoms with E-state index in [9.17, 15) is 17.2 Å². The van der Waals surface area contributed by atoms with Gasteiger partial charge in [0, 0.05) is 0 Å². The average molecular weight is 294 g/mol. The van der Waals surface area contributed by atoms with E-state index in [1.807, 2.05) is 0 Å². The number of sulfonamides is 1. The van der Waals surface area contributed by atoms with Crippen LogP contribution in [0.15, 0.2) is 47.4 Å². The van der Waals surface area contributed by atoms with E-state index in [4.69, 9.17) is 5.26 Å². The monoisotopic (exact) mass is 294 g/mol. The van der Waals surface area contributed by atoms with Gasteiger partial charge in [-0.15, -0.1) is 0 Å². The van der Waals surface area contributed by atoms with Crippen LogP contribution in [0.4, 0.5) is 14.5 Å². The van der Waals surface area contributed by atoms with Gasteiger partial charge in [0.15, 0.2) is 0 Å². The number of halogens is 2. The van der Waals surface area contributed by atoms with Gasteiger partial charge >= 0.3 is 0 Å². The van der Waals surface area contributed by atoms with E-state index >= 15 is 0 Å². The molecule has 1 N–H and O–H groups in total. The molecule has 0 saturated heterocycles. The number of nitrogens with zero attached hydrogens (tertiary/aromatic N) is 1. The third-order valence-electron chi connectivity index (χ3n) is 2.47.